The van der Waals surface area contributed by atoms with Gasteiger partial charge in [0.25, 0.3) is 0 Å². The molecule has 0 saturated heterocycles. The molecule has 0 aliphatic rings. The Kier molecular flexibility index (Phi) is 4.60. The molecule has 21 heavy (non-hydrogen) atoms. The molecule has 0 unspecified atom stereocenters. The number of aromatic nitrogens is 2. The van der Waals surface area contributed by atoms with Crippen LogP contribution in [0.3, 0.4) is 0 Å². The average molecular weight is 292 g/mol. The fourth-order valence-electron chi connectivity index (χ4n) is 1.61. The quantitative estimate of drug-likeness (QED) is 0.649. The first-order chi connectivity index (χ1) is 10.1. The maximum absolute atomic E-state index is 13.6. The monoisotopic (exact) mass is 292 g/mol. The van der Waals surface area contributed by atoms with E-state index in [0.29, 0.717) is 6.54 Å². The van der Waals surface area contributed by atoms with E-state index in [2.05, 4.69) is 15.3 Å². The van der Waals surface area contributed by atoms with Crippen LogP contribution in [0.5, 0.6) is 11.6 Å². The number of para-hydroxylation sites is 1. The number of halogens is 1. The van der Waals surface area contributed by atoms with Crippen molar-refractivity contribution in [1.29, 1.82) is 0 Å². The number of rotatable bonds is 6. The molecule has 1 heterocycles. The summed E-state index contributed by atoms with van der Waals surface area (Å²) in [6, 6.07) is 5.60. The van der Waals surface area contributed by atoms with Crippen molar-refractivity contribution in [2.24, 2.45) is 0 Å². The first kappa shape index (κ1) is 14.6. The van der Waals surface area contributed by atoms with Crippen molar-refractivity contribution >= 4 is 11.5 Å². The van der Waals surface area contributed by atoms with E-state index in [1.165, 1.54) is 18.2 Å². The van der Waals surface area contributed by atoms with Gasteiger partial charge in [-0.05, 0) is 18.6 Å². The summed E-state index contributed by atoms with van der Waals surface area (Å²) in [5, 5.41) is 14.0. The van der Waals surface area contributed by atoms with Crippen LogP contribution in [0.15, 0.2) is 30.6 Å². The predicted octanol–water partition coefficient (Wildman–Crippen LogP) is 3.14. The van der Waals surface area contributed by atoms with Crippen LogP contribution in [0.1, 0.15) is 13.3 Å². The van der Waals surface area contributed by atoms with Crippen molar-refractivity contribution in [3.63, 3.8) is 0 Å². The summed E-state index contributed by atoms with van der Waals surface area (Å²) >= 11 is 0. The summed E-state index contributed by atoms with van der Waals surface area (Å²) in [5.74, 6) is -1.03. The maximum Gasteiger partial charge on any atom is 0.373 e. The third-order valence-electron chi connectivity index (χ3n) is 2.56. The number of anilines is 1. The molecular formula is C13H13FN4O3. The number of benzene rings is 1. The van der Waals surface area contributed by atoms with E-state index < -0.39 is 16.4 Å². The molecule has 0 aliphatic heterocycles. The van der Waals surface area contributed by atoms with E-state index in [1.807, 2.05) is 6.92 Å². The van der Waals surface area contributed by atoms with Gasteiger partial charge >= 0.3 is 11.6 Å². The van der Waals surface area contributed by atoms with Gasteiger partial charge in [-0.25, -0.2) is 9.37 Å². The Morgan fingerprint density at radius 1 is 1.38 bits per heavy atom. The van der Waals surface area contributed by atoms with Crippen LogP contribution in [0.25, 0.3) is 0 Å². The van der Waals surface area contributed by atoms with Crippen LogP contribution < -0.4 is 10.1 Å². The van der Waals surface area contributed by atoms with Gasteiger partial charge in [0.05, 0.1) is 4.92 Å². The minimum absolute atomic E-state index is 0.0446. The lowest BCUT2D eigenvalue weighted by Crippen LogP contribution is -2.07. The molecule has 1 aromatic carbocycles. The molecule has 0 bridgehead atoms. The molecule has 1 aromatic heterocycles. The van der Waals surface area contributed by atoms with Gasteiger partial charge in [-0.1, -0.05) is 19.1 Å². The smallest absolute Gasteiger partial charge is 0.373 e. The predicted molar refractivity (Wildman–Crippen MR) is 73.9 cm³/mol. The zero-order chi connectivity index (χ0) is 15.2. The van der Waals surface area contributed by atoms with Crippen LogP contribution in [0, 0.1) is 15.9 Å². The highest BCUT2D eigenvalue weighted by Gasteiger charge is 2.25. The van der Waals surface area contributed by atoms with Crippen molar-refractivity contribution < 1.29 is 14.1 Å². The fourth-order valence-corrected chi connectivity index (χ4v) is 1.61. The second-order valence-electron chi connectivity index (χ2n) is 4.09. The Hall–Kier alpha value is -2.77. The molecule has 0 spiro atoms. The fraction of sp³-hybridized carbons (Fsp3) is 0.231. The first-order valence-electron chi connectivity index (χ1n) is 6.29. The van der Waals surface area contributed by atoms with E-state index in [4.69, 9.17) is 4.74 Å². The SMILES string of the molecule is CCCNc1ncnc(Oc2ccccc2F)c1[N+](=O)[O-]. The normalized spacial score (nSPS) is 10.2. The van der Waals surface area contributed by atoms with Crippen molar-refractivity contribution in [1.82, 2.24) is 9.97 Å². The summed E-state index contributed by atoms with van der Waals surface area (Å²) in [5.41, 5.74) is -0.422. The van der Waals surface area contributed by atoms with Crippen molar-refractivity contribution in [2.75, 3.05) is 11.9 Å². The highest BCUT2D eigenvalue weighted by molar-refractivity contribution is 5.61. The van der Waals surface area contributed by atoms with Crippen molar-refractivity contribution in [2.45, 2.75) is 13.3 Å². The first-order valence-corrected chi connectivity index (χ1v) is 6.29. The highest BCUT2D eigenvalue weighted by Crippen LogP contribution is 2.34. The van der Waals surface area contributed by atoms with E-state index in [-0.39, 0.29) is 17.4 Å². The van der Waals surface area contributed by atoms with Gasteiger partial charge in [-0.2, -0.15) is 4.98 Å². The van der Waals surface area contributed by atoms with Gasteiger partial charge in [0.1, 0.15) is 6.33 Å². The van der Waals surface area contributed by atoms with Crippen molar-refractivity contribution in [3.8, 4) is 11.6 Å². The van der Waals surface area contributed by atoms with Crippen LogP contribution in [-0.4, -0.2) is 21.4 Å². The molecular weight excluding hydrogens is 279 g/mol. The summed E-state index contributed by atoms with van der Waals surface area (Å²) < 4.78 is 18.8. The molecule has 0 fully saturated rings. The third kappa shape index (κ3) is 3.41. The topological polar surface area (TPSA) is 90.2 Å². The zero-order valence-corrected chi connectivity index (χ0v) is 11.2. The number of hydrogen-bond donors (Lipinski definition) is 1. The molecule has 7 nitrogen and oxygen atoms in total. The second-order valence-corrected chi connectivity index (χ2v) is 4.09. The standard InChI is InChI=1S/C13H13FN4O3/c1-2-7-15-12-11(18(19)20)13(17-8-16-12)21-10-6-4-3-5-9(10)14/h3-6,8H,2,7H2,1H3,(H,15,16,17). The molecule has 0 atom stereocenters. The third-order valence-corrected chi connectivity index (χ3v) is 2.56. The number of hydrogen-bond acceptors (Lipinski definition) is 6. The number of nitrogens with one attached hydrogen (secondary N) is 1. The average Bonchev–Trinajstić information content (AvgIpc) is 2.47. The van der Waals surface area contributed by atoms with Crippen LogP contribution in [-0.2, 0) is 0 Å². The van der Waals surface area contributed by atoms with Gasteiger partial charge in [0.15, 0.2) is 11.6 Å². The van der Waals surface area contributed by atoms with Gasteiger partial charge in [-0.15, -0.1) is 0 Å². The van der Waals surface area contributed by atoms with Crippen LogP contribution >= 0.6 is 0 Å². The molecule has 1 N–H and O–H groups in total. The molecule has 2 aromatic rings. The minimum Gasteiger partial charge on any atom is -0.430 e. The Morgan fingerprint density at radius 3 is 2.81 bits per heavy atom. The number of nitro groups is 1. The lowest BCUT2D eigenvalue weighted by molar-refractivity contribution is -0.385. The zero-order valence-electron chi connectivity index (χ0n) is 11.2. The Balaban J connectivity index is 2.39. The van der Waals surface area contributed by atoms with Gasteiger partial charge in [0, 0.05) is 6.54 Å². The Labute approximate surface area is 120 Å². The van der Waals surface area contributed by atoms with E-state index >= 15 is 0 Å². The maximum atomic E-state index is 13.6. The van der Waals surface area contributed by atoms with Crippen LogP contribution in [0.4, 0.5) is 15.9 Å². The van der Waals surface area contributed by atoms with Crippen LogP contribution in [0.2, 0.25) is 0 Å². The van der Waals surface area contributed by atoms with E-state index in [9.17, 15) is 14.5 Å². The molecule has 8 heteroatoms. The molecule has 0 saturated carbocycles. The molecule has 0 aliphatic carbocycles. The van der Waals surface area contributed by atoms with E-state index in [0.717, 1.165) is 12.7 Å². The molecule has 110 valence electrons. The van der Waals surface area contributed by atoms with Gasteiger partial charge in [-0.3, -0.25) is 10.1 Å². The largest absolute Gasteiger partial charge is 0.430 e. The number of ether oxygens (including phenoxy) is 1. The highest BCUT2D eigenvalue weighted by atomic mass is 19.1. The second kappa shape index (κ2) is 6.60. The lowest BCUT2D eigenvalue weighted by atomic mass is 10.3. The summed E-state index contributed by atoms with van der Waals surface area (Å²) in [6.45, 7) is 2.42. The van der Waals surface area contributed by atoms with Gasteiger partial charge in [0.2, 0.25) is 5.82 Å². The minimum atomic E-state index is -0.659. The number of nitrogens with zero attached hydrogens (tertiary/aromatic N) is 3. The molecule has 0 radical (unpaired) electrons. The summed E-state index contributed by atoms with van der Waals surface area (Å²) in [7, 11) is 0. The Bertz CT molecular complexity index is 651. The van der Waals surface area contributed by atoms with Gasteiger partial charge < -0.3 is 10.1 Å². The van der Waals surface area contributed by atoms with Crippen molar-refractivity contribution in [3.05, 3.63) is 46.5 Å². The molecule has 2 rings (SSSR count). The van der Waals surface area contributed by atoms with E-state index in [1.54, 1.807) is 6.07 Å². The molecule has 0 amide bonds. The summed E-state index contributed by atoms with van der Waals surface area (Å²) in [4.78, 5) is 18.1. The Morgan fingerprint density at radius 2 is 2.14 bits per heavy atom. The lowest BCUT2D eigenvalue weighted by Gasteiger charge is -2.09. The summed E-state index contributed by atoms with van der Waals surface area (Å²) in [6.07, 6.45) is 1.89.